The van der Waals surface area contributed by atoms with Crippen LogP contribution in [0, 0.1) is 5.92 Å². The molecule has 2 unspecified atom stereocenters. The van der Waals surface area contributed by atoms with Crippen LogP contribution in [0.25, 0.3) is 0 Å². The monoisotopic (exact) mass is 443 g/mol. The minimum absolute atomic E-state index is 0.141. The molecule has 174 valence electrons. The first kappa shape index (κ1) is 22.9. The van der Waals surface area contributed by atoms with Gasteiger partial charge >= 0.3 is 0 Å². The molecule has 0 bridgehead atoms. The number of carbonyl (C=O) groups excluding carboxylic acids is 3. The van der Waals surface area contributed by atoms with Crippen LogP contribution in [-0.2, 0) is 22.6 Å². The van der Waals surface area contributed by atoms with Crippen molar-refractivity contribution in [1.29, 1.82) is 0 Å². The summed E-state index contributed by atoms with van der Waals surface area (Å²) in [6.07, 6.45) is 6.02. The van der Waals surface area contributed by atoms with Crippen molar-refractivity contribution in [3.63, 3.8) is 0 Å². The zero-order valence-electron chi connectivity index (χ0n) is 19.2. The lowest BCUT2D eigenvalue weighted by atomic mass is 9.79. The standard InChI is InChI=1S/C25H34FN3O3/c1-15(25(2,3)26)27-20-7-5-4-6-17(20)12-16-8-9-19-18(13-16)14-29(24(19)32)21-10-11-22(30)28-23(21)31/h8-9,13,15,17,20-21,27H,4-7,10-12,14H2,1-3H3,(H,28,30,31)/t15?,17-,20+,21?/m1/s1. The number of rotatable bonds is 6. The van der Waals surface area contributed by atoms with E-state index in [4.69, 9.17) is 0 Å². The van der Waals surface area contributed by atoms with Crippen molar-refractivity contribution in [2.75, 3.05) is 0 Å². The van der Waals surface area contributed by atoms with Gasteiger partial charge in [0.05, 0.1) is 0 Å². The molecule has 0 radical (unpaired) electrons. The summed E-state index contributed by atoms with van der Waals surface area (Å²) in [7, 11) is 0. The van der Waals surface area contributed by atoms with Gasteiger partial charge in [0.2, 0.25) is 11.8 Å². The van der Waals surface area contributed by atoms with Gasteiger partial charge in [-0.3, -0.25) is 19.7 Å². The lowest BCUT2D eigenvalue weighted by Crippen LogP contribution is -2.52. The van der Waals surface area contributed by atoms with Crippen molar-refractivity contribution < 1.29 is 18.8 Å². The van der Waals surface area contributed by atoms with Crippen LogP contribution in [0.15, 0.2) is 18.2 Å². The highest BCUT2D eigenvalue weighted by Crippen LogP contribution is 2.32. The minimum Gasteiger partial charge on any atom is -0.322 e. The fourth-order valence-corrected chi connectivity index (χ4v) is 5.25. The molecule has 2 N–H and O–H groups in total. The zero-order chi connectivity index (χ0) is 23.0. The second-order valence-electron chi connectivity index (χ2n) is 10.2. The van der Waals surface area contributed by atoms with Gasteiger partial charge in [-0.15, -0.1) is 0 Å². The van der Waals surface area contributed by atoms with Gasteiger partial charge in [0.1, 0.15) is 11.7 Å². The van der Waals surface area contributed by atoms with E-state index in [9.17, 15) is 18.8 Å². The number of fused-ring (bicyclic) bond motifs is 1. The third-order valence-corrected chi connectivity index (χ3v) is 7.49. The van der Waals surface area contributed by atoms with Crippen molar-refractivity contribution in [3.8, 4) is 0 Å². The summed E-state index contributed by atoms with van der Waals surface area (Å²) in [6.45, 7) is 5.55. The van der Waals surface area contributed by atoms with Gasteiger partial charge in [0.15, 0.2) is 0 Å². The fourth-order valence-electron chi connectivity index (χ4n) is 5.25. The van der Waals surface area contributed by atoms with Crippen LogP contribution in [0.1, 0.15) is 80.8 Å². The number of alkyl halides is 1. The summed E-state index contributed by atoms with van der Waals surface area (Å²) in [4.78, 5) is 38.2. The van der Waals surface area contributed by atoms with Crippen molar-refractivity contribution in [2.45, 2.75) is 96.1 Å². The molecule has 4 atom stereocenters. The minimum atomic E-state index is -1.27. The van der Waals surface area contributed by atoms with Crippen LogP contribution in [0.3, 0.4) is 0 Å². The molecule has 32 heavy (non-hydrogen) atoms. The number of carbonyl (C=O) groups is 3. The molecule has 1 aromatic rings. The molecule has 2 heterocycles. The first-order valence-corrected chi connectivity index (χ1v) is 11.8. The molecule has 1 aliphatic carbocycles. The quantitative estimate of drug-likeness (QED) is 0.662. The van der Waals surface area contributed by atoms with Gasteiger partial charge in [-0.1, -0.05) is 25.0 Å². The first-order chi connectivity index (χ1) is 15.1. The Morgan fingerprint density at radius 1 is 1.19 bits per heavy atom. The summed E-state index contributed by atoms with van der Waals surface area (Å²) >= 11 is 0. The molecule has 2 fully saturated rings. The largest absolute Gasteiger partial charge is 0.322 e. The average molecular weight is 444 g/mol. The molecule has 3 aliphatic rings. The van der Waals surface area contributed by atoms with E-state index in [1.54, 1.807) is 18.7 Å². The summed E-state index contributed by atoms with van der Waals surface area (Å²) in [6, 6.07) is 5.45. The van der Waals surface area contributed by atoms with E-state index in [0.29, 0.717) is 24.4 Å². The second kappa shape index (κ2) is 8.93. The van der Waals surface area contributed by atoms with Crippen LogP contribution < -0.4 is 10.6 Å². The Labute approximate surface area is 189 Å². The number of amides is 3. The Morgan fingerprint density at radius 2 is 1.94 bits per heavy atom. The van der Waals surface area contributed by atoms with Crippen LogP contribution in [0.5, 0.6) is 0 Å². The smallest absolute Gasteiger partial charge is 0.255 e. The van der Waals surface area contributed by atoms with Gasteiger partial charge in [-0.05, 0) is 69.6 Å². The summed E-state index contributed by atoms with van der Waals surface area (Å²) in [5.41, 5.74) is 1.49. The lowest BCUT2D eigenvalue weighted by Gasteiger charge is -2.37. The second-order valence-corrected chi connectivity index (χ2v) is 10.2. The molecule has 0 aromatic heterocycles. The van der Waals surface area contributed by atoms with E-state index in [-0.39, 0.29) is 36.2 Å². The number of benzene rings is 1. The maximum absolute atomic E-state index is 14.4. The van der Waals surface area contributed by atoms with Crippen LogP contribution >= 0.6 is 0 Å². The number of nitrogens with one attached hydrogen (secondary N) is 2. The highest BCUT2D eigenvalue weighted by Gasteiger charge is 2.39. The Bertz CT molecular complexity index is 910. The summed E-state index contributed by atoms with van der Waals surface area (Å²) < 4.78 is 14.4. The number of hydrogen-bond donors (Lipinski definition) is 2. The molecule has 6 nitrogen and oxygen atoms in total. The van der Waals surface area contributed by atoms with E-state index in [2.05, 4.69) is 16.7 Å². The topological polar surface area (TPSA) is 78.5 Å². The Hall–Kier alpha value is -2.28. The van der Waals surface area contributed by atoms with Gasteiger partial charge in [0.25, 0.3) is 5.91 Å². The van der Waals surface area contributed by atoms with Crippen molar-refractivity contribution >= 4 is 17.7 Å². The van der Waals surface area contributed by atoms with Crippen molar-refractivity contribution in [3.05, 3.63) is 34.9 Å². The van der Waals surface area contributed by atoms with E-state index in [1.807, 2.05) is 19.1 Å². The molecule has 3 amide bonds. The van der Waals surface area contributed by atoms with E-state index in [1.165, 1.54) is 12.0 Å². The number of piperidine rings is 1. The summed E-state index contributed by atoms with van der Waals surface area (Å²) in [5, 5.41) is 5.88. The molecular formula is C25H34FN3O3. The maximum Gasteiger partial charge on any atom is 0.255 e. The SMILES string of the molecule is CC(N[C@H]1CCCC[C@@H]1Cc1ccc2c(c1)CN(C1CCC(=O)NC1=O)C2=O)C(C)(C)F. The molecule has 1 saturated heterocycles. The number of nitrogens with zero attached hydrogens (tertiary/aromatic N) is 1. The molecule has 7 heteroatoms. The average Bonchev–Trinajstić information content (AvgIpc) is 3.04. The molecule has 1 aromatic carbocycles. The number of imide groups is 1. The van der Waals surface area contributed by atoms with Crippen LogP contribution in [0.4, 0.5) is 4.39 Å². The van der Waals surface area contributed by atoms with Crippen molar-refractivity contribution in [2.24, 2.45) is 5.92 Å². The number of halogens is 1. The van der Waals surface area contributed by atoms with E-state index >= 15 is 0 Å². The summed E-state index contributed by atoms with van der Waals surface area (Å²) in [5.74, 6) is -0.380. The van der Waals surface area contributed by atoms with Gasteiger partial charge in [-0.25, -0.2) is 4.39 Å². The highest BCUT2D eigenvalue weighted by atomic mass is 19.1. The lowest BCUT2D eigenvalue weighted by molar-refractivity contribution is -0.136. The third kappa shape index (κ3) is 4.72. The normalized spacial score (nSPS) is 27.3. The molecule has 2 aliphatic heterocycles. The maximum atomic E-state index is 14.4. The predicted molar refractivity (Wildman–Crippen MR) is 120 cm³/mol. The van der Waals surface area contributed by atoms with Crippen LogP contribution in [0.2, 0.25) is 0 Å². The number of hydrogen-bond acceptors (Lipinski definition) is 4. The van der Waals surface area contributed by atoms with E-state index < -0.39 is 11.7 Å². The Morgan fingerprint density at radius 3 is 2.66 bits per heavy atom. The fraction of sp³-hybridized carbons (Fsp3) is 0.640. The zero-order valence-corrected chi connectivity index (χ0v) is 19.2. The van der Waals surface area contributed by atoms with E-state index in [0.717, 1.165) is 31.2 Å². The molecule has 1 saturated carbocycles. The predicted octanol–water partition coefficient (Wildman–Crippen LogP) is 3.28. The highest BCUT2D eigenvalue weighted by molar-refractivity contribution is 6.05. The van der Waals surface area contributed by atoms with Gasteiger partial charge in [-0.2, -0.15) is 0 Å². The van der Waals surface area contributed by atoms with Gasteiger partial charge in [0, 0.05) is 30.6 Å². The van der Waals surface area contributed by atoms with Crippen molar-refractivity contribution in [1.82, 2.24) is 15.5 Å². The van der Waals surface area contributed by atoms with Gasteiger partial charge < -0.3 is 10.2 Å². The Balaban J connectivity index is 1.45. The van der Waals surface area contributed by atoms with Crippen LogP contribution in [-0.4, -0.2) is 46.4 Å². The molecule has 4 rings (SSSR count). The Kier molecular flexibility index (Phi) is 6.39. The molecular weight excluding hydrogens is 409 g/mol. The first-order valence-electron chi connectivity index (χ1n) is 11.8. The molecule has 0 spiro atoms. The third-order valence-electron chi connectivity index (χ3n) is 7.49.